The summed E-state index contributed by atoms with van der Waals surface area (Å²) < 4.78 is 7.00. The summed E-state index contributed by atoms with van der Waals surface area (Å²) in [5, 5.41) is 3.09. The molecule has 0 spiro atoms. The van der Waals surface area contributed by atoms with Gasteiger partial charge in [0.1, 0.15) is 11.8 Å². The predicted octanol–water partition coefficient (Wildman–Crippen LogP) is 6.51. The molecule has 0 aliphatic heterocycles. The van der Waals surface area contributed by atoms with Gasteiger partial charge in [-0.1, -0.05) is 90.4 Å². The van der Waals surface area contributed by atoms with E-state index in [0.717, 1.165) is 21.2 Å². The number of nitrogens with one attached hydrogen (secondary N) is 1. The van der Waals surface area contributed by atoms with Crippen molar-refractivity contribution in [2.45, 2.75) is 65.1 Å². The lowest BCUT2D eigenvalue weighted by Crippen LogP contribution is -2.55. The van der Waals surface area contributed by atoms with E-state index in [1.807, 2.05) is 99.6 Å². The number of carbonyl (C=O) groups is 2. The topological polar surface area (TPSA) is 58.6 Å². The monoisotopic (exact) mass is 564 g/mol. The molecular weight excluding hydrogens is 528 g/mol. The van der Waals surface area contributed by atoms with Gasteiger partial charge in [0.25, 0.3) is 5.91 Å². The molecule has 1 unspecified atom stereocenters. The molecule has 0 heterocycles. The average molecular weight is 566 g/mol. The van der Waals surface area contributed by atoms with Crippen molar-refractivity contribution in [3.05, 3.63) is 100 Å². The van der Waals surface area contributed by atoms with Gasteiger partial charge in [-0.25, -0.2) is 0 Å². The highest BCUT2D eigenvalue weighted by molar-refractivity contribution is 9.10. The molecule has 0 saturated heterocycles. The van der Waals surface area contributed by atoms with E-state index in [0.29, 0.717) is 12.2 Å². The molecule has 0 fully saturated rings. The van der Waals surface area contributed by atoms with Gasteiger partial charge in [-0.15, -0.1) is 0 Å². The zero-order chi connectivity index (χ0) is 27.0. The first kappa shape index (κ1) is 28.5. The van der Waals surface area contributed by atoms with Gasteiger partial charge >= 0.3 is 0 Å². The Morgan fingerprint density at radius 1 is 0.892 bits per heavy atom. The molecule has 0 aliphatic carbocycles. The Morgan fingerprint density at radius 3 is 2.14 bits per heavy atom. The molecule has 3 aromatic rings. The molecule has 0 saturated carbocycles. The normalized spacial score (nSPS) is 12.2. The van der Waals surface area contributed by atoms with Gasteiger partial charge in [0.2, 0.25) is 5.91 Å². The first-order valence-electron chi connectivity index (χ1n) is 12.6. The number of benzene rings is 3. The lowest BCUT2D eigenvalue weighted by molar-refractivity contribution is -0.143. The molecule has 0 bridgehead atoms. The van der Waals surface area contributed by atoms with Crippen LogP contribution in [0.5, 0.6) is 5.75 Å². The highest BCUT2D eigenvalue weighted by Crippen LogP contribution is 2.26. The number of nitrogens with zero attached hydrogens (tertiary/aromatic N) is 1. The lowest BCUT2D eigenvalue weighted by Gasteiger charge is -2.34. The summed E-state index contributed by atoms with van der Waals surface area (Å²) in [4.78, 5) is 29.0. The van der Waals surface area contributed by atoms with Crippen molar-refractivity contribution in [1.82, 2.24) is 10.2 Å². The van der Waals surface area contributed by atoms with Crippen LogP contribution in [0.4, 0.5) is 0 Å². The molecule has 1 N–H and O–H groups in total. The van der Waals surface area contributed by atoms with Gasteiger partial charge in [0.05, 0.1) is 0 Å². The third-order valence-electron chi connectivity index (χ3n) is 5.93. The molecule has 196 valence electrons. The molecule has 6 heteroatoms. The number of halogens is 1. The van der Waals surface area contributed by atoms with Crippen LogP contribution in [0.15, 0.2) is 83.3 Å². The number of ether oxygens (including phenoxy) is 1. The van der Waals surface area contributed by atoms with Crippen LogP contribution in [0.3, 0.4) is 0 Å². The molecule has 0 radical (unpaired) electrons. The van der Waals surface area contributed by atoms with Crippen LogP contribution in [0, 0.1) is 0 Å². The summed E-state index contributed by atoms with van der Waals surface area (Å²) in [6.07, 6.45) is 0.396. The van der Waals surface area contributed by atoms with E-state index in [1.54, 1.807) is 4.90 Å². The van der Waals surface area contributed by atoms with Gasteiger partial charge in [-0.2, -0.15) is 0 Å². The van der Waals surface area contributed by atoms with E-state index in [2.05, 4.69) is 35.1 Å². The number of hydrogen-bond donors (Lipinski definition) is 1. The van der Waals surface area contributed by atoms with Crippen molar-refractivity contribution in [3.8, 4) is 5.75 Å². The maximum Gasteiger partial charge on any atom is 0.261 e. The summed E-state index contributed by atoms with van der Waals surface area (Å²) in [6, 6.07) is 24.7. The van der Waals surface area contributed by atoms with Crippen LogP contribution in [0.25, 0.3) is 0 Å². The second-order valence-corrected chi connectivity index (χ2v) is 11.5. The zero-order valence-electron chi connectivity index (χ0n) is 22.3. The third-order valence-corrected chi connectivity index (χ3v) is 6.46. The molecular formula is C31H37BrN2O3. The summed E-state index contributed by atoms with van der Waals surface area (Å²) in [6.45, 7) is 10.1. The minimum absolute atomic E-state index is 0.158. The SMILES string of the molecule is CC(C)c1ccccc1OCC(=O)N(Cc1ccc(Br)cc1)C(Cc1ccccc1)C(=O)NC(C)(C)C. The molecule has 0 aliphatic rings. The van der Waals surface area contributed by atoms with Crippen molar-refractivity contribution < 1.29 is 14.3 Å². The second-order valence-electron chi connectivity index (χ2n) is 10.6. The third kappa shape index (κ3) is 8.74. The molecule has 0 aromatic heterocycles. The van der Waals surface area contributed by atoms with Gasteiger partial charge < -0.3 is 15.0 Å². The van der Waals surface area contributed by atoms with E-state index in [4.69, 9.17) is 4.74 Å². The van der Waals surface area contributed by atoms with Gasteiger partial charge in [-0.05, 0) is 61.6 Å². The highest BCUT2D eigenvalue weighted by Gasteiger charge is 2.32. The minimum atomic E-state index is -0.707. The lowest BCUT2D eigenvalue weighted by atomic mass is 10.0. The quantitative estimate of drug-likeness (QED) is 0.305. The molecule has 5 nitrogen and oxygen atoms in total. The Morgan fingerprint density at radius 2 is 1.51 bits per heavy atom. The van der Waals surface area contributed by atoms with Crippen LogP contribution < -0.4 is 10.1 Å². The number of carbonyl (C=O) groups excluding carboxylic acids is 2. The van der Waals surface area contributed by atoms with Crippen LogP contribution in [0.1, 0.15) is 57.2 Å². The fourth-order valence-corrected chi connectivity index (χ4v) is 4.37. The molecule has 2 amide bonds. The number of rotatable bonds is 10. The van der Waals surface area contributed by atoms with E-state index in [1.165, 1.54) is 0 Å². The van der Waals surface area contributed by atoms with Crippen molar-refractivity contribution in [1.29, 1.82) is 0 Å². The van der Waals surface area contributed by atoms with Crippen LogP contribution in [-0.4, -0.2) is 34.9 Å². The van der Waals surface area contributed by atoms with Gasteiger partial charge in [-0.3, -0.25) is 9.59 Å². The maximum absolute atomic E-state index is 13.8. The van der Waals surface area contributed by atoms with E-state index < -0.39 is 11.6 Å². The second kappa shape index (κ2) is 12.9. The summed E-state index contributed by atoms with van der Waals surface area (Å²) >= 11 is 3.47. The Balaban J connectivity index is 1.94. The fraction of sp³-hybridized carbons (Fsp3) is 0.355. The Kier molecular flexibility index (Phi) is 9.93. The van der Waals surface area contributed by atoms with E-state index in [9.17, 15) is 9.59 Å². The Labute approximate surface area is 229 Å². The predicted molar refractivity (Wildman–Crippen MR) is 153 cm³/mol. The fourth-order valence-electron chi connectivity index (χ4n) is 4.10. The summed E-state index contributed by atoms with van der Waals surface area (Å²) in [7, 11) is 0. The molecule has 3 aromatic carbocycles. The van der Waals surface area contributed by atoms with Crippen LogP contribution >= 0.6 is 15.9 Å². The smallest absolute Gasteiger partial charge is 0.261 e. The Bertz CT molecular complexity index is 1170. The maximum atomic E-state index is 13.8. The average Bonchev–Trinajstić information content (AvgIpc) is 2.85. The van der Waals surface area contributed by atoms with Crippen molar-refractivity contribution in [3.63, 3.8) is 0 Å². The Hall–Kier alpha value is -3.12. The van der Waals surface area contributed by atoms with Crippen LogP contribution in [-0.2, 0) is 22.6 Å². The van der Waals surface area contributed by atoms with Crippen molar-refractivity contribution >= 4 is 27.7 Å². The first-order chi connectivity index (χ1) is 17.5. The largest absolute Gasteiger partial charge is 0.483 e. The summed E-state index contributed by atoms with van der Waals surface area (Å²) in [5.41, 5.74) is 2.52. The number of amides is 2. The van der Waals surface area contributed by atoms with Gasteiger partial charge in [0.15, 0.2) is 6.61 Å². The summed E-state index contributed by atoms with van der Waals surface area (Å²) in [5.74, 6) is 0.512. The molecule has 37 heavy (non-hydrogen) atoms. The molecule has 3 rings (SSSR count). The highest BCUT2D eigenvalue weighted by atomic mass is 79.9. The van der Waals surface area contributed by atoms with E-state index in [-0.39, 0.29) is 30.9 Å². The van der Waals surface area contributed by atoms with Crippen LogP contribution in [0.2, 0.25) is 0 Å². The van der Waals surface area contributed by atoms with Gasteiger partial charge in [0, 0.05) is 23.0 Å². The number of para-hydroxylation sites is 1. The zero-order valence-corrected chi connectivity index (χ0v) is 23.9. The minimum Gasteiger partial charge on any atom is -0.483 e. The van der Waals surface area contributed by atoms with E-state index >= 15 is 0 Å². The number of hydrogen-bond acceptors (Lipinski definition) is 3. The standard InChI is InChI=1S/C31H37BrN2O3/c1-22(2)26-13-9-10-14-28(26)37-21-29(35)34(20-24-15-17-25(32)18-16-24)27(30(36)33-31(3,4)5)19-23-11-7-6-8-12-23/h6-18,22,27H,19-21H2,1-5H3,(H,33,36). The van der Waals surface area contributed by atoms with Crippen molar-refractivity contribution in [2.24, 2.45) is 0 Å². The first-order valence-corrected chi connectivity index (χ1v) is 13.4. The molecule has 1 atom stereocenters. The van der Waals surface area contributed by atoms with Crippen molar-refractivity contribution in [2.75, 3.05) is 6.61 Å².